The van der Waals surface area contributed by atoms with Gasteiger partial charge in [0, 0.05) is 10.6 Å². The summed E-state index contributed by atoms with van der Waals surface area (Å²) in [5, 5.41) is 0.559. The number of hydrogen-bond donors (Lipinski definition) is 0. The third-order valence-corrected chi connectivity index (χ3v) is 4.18. The van der Waals surface area contributed by atoms with Crippen LogP contribution in [0.4, 0.5) is 0 Å². The van der Waals surface area contributed by atoms with Crippen molar-refractivity contribution in [3.8, 4) is 11.5 Å². The van der Waals surface area contributed by atoms with Crippen molar-refractivity contribution in [3.63, 3.8) is 0 Å². The van der Waals surface area contributed by atoms with E-state index in [0.29, 0.717) is 27.6 Å². The second-order valence-electron chi connectivity index (χ2n) is 4.48. The first-order valence-electron chi connectivity index (χ1n) is 6.20. The quantitative estimate of drug-likeness (QED) is 0.735. The normalized spacial score (nSPS) is 10.3. The Kier molecular flexibility index (Phi) is 4.91. The van der Waals surface area contributed by atoms with E-state index < -0.39 is 0 Å². The predicted molar refractivity (Wildman–Crippen MR) is 86.9 cm³/mol. The zero-order valence-electron chi connectivity index (χ0n) is 11.9. The van der Waals surface area contributed by atoms with Crippen LogP contribution in [-0.2, 0) is 0 Å². The topological polar surface area (TPSA) is 35.5 Å². The van der Waals surface area contributed by atoms with Crippen LogP contribution in [0.1, 0.15) is 21.5 Å². The summed E-state index contributed by atoms with van der Waals surface area (Å²) in [7, 11) is 3.07. The van der Waals surface area contributed by atoms with Gasteiger partial charge in [0.05, 0.1) is 24.3 Å². The van der Waals surface area contributed by atoms with Crippen molar-refractivity contribution in [2.45, 2.75) is 6.92 Å². The average molecular weight is 370 g/mol. The van der Waals surface area contributed by atoms with E-state index >= 15 is 0 Å². The molecule has 3 nitrogen and oxygen atoms in total. The van der Waals surface area contributed by atoms with Crippen molar-refractivity contribution >= 4 is 33.3 Å². The second-order valence-corrected chi connectivity index (χ2v) is 5.74. The molecule has 110 valence electrons. The Balaban J connectivity index is 2.53. The molecule has 0 saturated carbocycles. The Labute approximate surface area is 137 Å². The molecular weight excluding hydrogens is 356 g/mol. The van der Waals surface area contributed by atoms with Crippen LogP contribution in [0.25, 0.3) is 0 Å². The number of hydrogen-bond acceptors (Lipinski definition) is 3. The number of aryl methyl sites for hydroxylation is 1. The molecule has 5 heteroatoms. The fourth-order valence-corrected chi connectivity index (χ4v) is 2.59. The number of methoxy groups -OCH3 is 2. The van der Waals surface area contributed by atoms with E-state index in [-0.39, 0.29) is 5.78 Å². The molecule has 0 amide bonds. The molecule has 0 atom stereocenters. The Morgan fingerprint density at radius 1 is 1.10 bits per heavy atom. The minimum atomic E-state index is -0.167. The second kappa shape index (κ2) is 6.50. The van der Waals surface area contributed by atoms with Gasteiger partial charge in [0.15, 0.2) is 5.78 Å². The van der Waals surface area contributed by atoms with Gasteiger partial charge in [-0.2, -0.15) is 0 Å². The molecule has 0 bridgehead atoms. The lowest BCUT2D eigenvalue weighted by Gasteiger charge is -2.12. The maximum absolute atomic E-state index is 12.7. The summed E-state index contributed by atoms with van der Waals surface area (Å²) in [5.74, 6) is 0.876. The third kappa shape index (κ3) is 3.22. The molecule has 0 unspecified atom stereocenters. The Morgan fingerprint density at radius 2 is 1.76 bits per heavy atom. The summed E-state index contributed by atoms with van der Waals surface area (Å²) in [4.78, 5) is 12.7. The summed E-state index contributed by atoms with van der Waals surface area (Å²) in [6.07, 6.45) is 0. The van der Waals surface area contributed by atoms with Crippen molar-refractivity contribution in [2.75, 3.05) is 14.2 Å². The first-order valence-corrected chi connectivity index (χ1v) is 7.37. The average Bonchev–Trinajstić information content (AvgIpc) is 2.49. The first-order chi connectivity index (χ1) is 9.97. The van der Waals surface area contributed by atoms with Crippen LogP contribution in [-0.4, -0.2) is 20.0 Å². The van der Waals surface area contributed by atoms with E-state index in [1.807, 2.05) is 13.0 Å². The molecule has 0 saturated heterocycles. The van der Waals surface area contributed by atoms with E-state index in [2.05, 4.69) is 15.9 Å². The van der Waals surface area contributed by atoms with E-state index in [4.69, 9.17) is 21.1 Å². The summed E-state index contributed by atoms with van der Waals surface area (Å²) in [6.45, 7) is 1.89. The van der Waals surface area contributed by atoms with Crippen molar-refractivity contribution < 1.29 is 14.3 Å². The number of ketones is 1. The largest absolute Gasteiger partial charge is 0.496 e. The number of carbonyl (C=O) groups is 1. The zero-order chi connectivity index (χ0) is 15.6. The number of rotatable bonds is 4. The first kappa shape index (κ1) is 15.9. The lowest BCUT2D eigenvalue weighted by Crippen LogP contribution is -2.05. The summed E-state index contributed by atoms with van der Waals surface area (Å²) >= 11 is 9.46. The van der Waals surface area contributed by atoms with Crippen molar-refractivity contribution in [1.29, 1.82) is 0 Å². The van der Waals surface area contributed by atoms with E-state index in [9.17, 15) is 4.79 Å². The number of carbonyl (C=O) groups excluding carboxylic acids is 1. The molecule has 2 rings (SSSR count). The van der Waals surface area contributed by atoms with Crippen molar-refractivity contribution in [3.05, 3.63) is 56.5 Å². The van der Waals surface area contributed by atoms with Gasteiger partial charge in [0.1, 0.15) is 11.5 Å². The van der Waals surface area contributed by atoms with Crippen LogP contribution in [0, 0.1) is 6.92 Å². The predicted octanol–water partition coefficient (Wildman–Crippen LogP) is 4.66. The lowest BCUT2D eigenvalue weighted by molar-refractivity contribution is 0.103. The van der Waals surface area contributed by atoms with Crippen LogP contribution >= 0.6 is 27.5 Å². The fraction of sp³-hybridized carbons (Fsp3) is 0.188. The molecule has 0 aliphatic carbocycles. The maximum Gasteiger partial charge on any atom is 0.196 e. The van der Waals surface area contributed by atoms with Gasteiger partial charge < -0.3 is 9.47 Å². The Hall–Kier alpha value is -1.52. The summed E-state index contributed by atoms with van der Waals surface area (Å²) in [5.41, 5.74) is 1.86. The Bertz CT molecular complexity index is 698. The number of ether oxygens (including phenoxy) is 2. The maximum atomic E-state index is 12.7. The third-order valence-electron chi connectivity index (χ3n) is 3.15. The fourth-order valence-electron chi connectivity index (χ4n) is 1.93. The highest BCUT2D eigenvalue weighted by Gasteiger charge is 2.18. The van der Waals surface area contributed by atoms with E-state index in [1.165, 1.54) is 7.11 Å². The Morgan fingerprint density at radius 3 is 2.33 bits per heavy atom. The van der Waals surface area contributed by atoms with Crippen LogP contribution < -0.4 is 9.47 Å². The molecule has 0 spiro atoms. The van der Waals surface area contributed by atoms with Gasteiger partial charge in [-0.25, -0.2) is 0 Å². The summed E-state index contributed by atoms with van der Waals surface area (Å²) in [6, 6.07) is 8.59. The number of benzene rings is 2. The highest BCUT2D eigenvalue weighted by atomic mass is 79.9. The van der Waals surface area contributed by atoms with Crippen molar-refractivity contribution in [1.82, 2.24) is 0 Å². The monoisotopic (exact) mass is 368 g/mol. The molecule has 0 aliphatic rings. The molecule has 2 aromatic carbocycles. The van der Waals surface area contributed by atoms with Gasteiger partial charge >= 0.3 is 0 Å². The summed E-state index contributed by atoms with van der Waals surface area (Å²) < 4.78 is 11.2. The highest BCUT2D eigenvalue weighted by Crippen LogP contribution is 2.34. The van der Waals surface area contributed by atoms with Crippen LogP contribution in [0.5, 0.6) is 11.5 Å². The number of halogens is 2. The smallest absolute Gasteiger partial charge is 0.196 e. The van der Waals surface area contributed by atoms with E-state index in [0.717, 1.165) is 10.0 Å². The van der Waals surface area contributed by atoms with Crippen LogP contribution in [0.3, 0.4) is 0 Å². The van der Waals surface area contributed by atoms with Gasteiger partial charge in [-0.15, -0.1) is 0 Å². The van der Waals surface area contributed by atoms with E-state index in [1.54, 1.807) is 31.4 Å². The zero-order valence-corrected chi connectivity index (χ0v) is 14.2. The van der Waals surface area contributed by atoms with Gasteiger partial charge in [-0.05, 0) is 46.6 Å². The SMILES string of the molecule is COc1cc(C(=O)c2ccc(C)c(Cl)c2)c(OC)cc1Br. The molecule has 0 aromatic heterocycles. The molecule has 0 fully saturated rings. The van der Waals surface area contributed by atoms with Gasteiger partial charge in [-0.3, -0.25) is 4.79 Å². The molecule has 2 aromatic rings. The molecular formula is C16H14BrClO3. The van der Waals surface area contributed by atoms with Gasteiger partial charge in [-0.1, -0.05) is 23.7 Å². The molecule has 0 aliphatic heterocycles. The lowest BCUT2D eigenvalue weighted by atomic mass is 10.0. The molecule has 0 radical (unpaired) electrons. The molecule has 0 heterocycles. The standard InChI is InChI=1S/C16H14BrClO3/c1-9-4-5-10(6-13(9)18)16(19)11-7-15(21-3)12(17)8-14(11)20-2/h4-8H,1-3H3. The minimum Gasteiger partial charge on any atom is -0.496 e. The van der Waals surface area contributed by atoms with Gasteiger partial charge in [0.2, 0.25) is 0 Å². The minimum absolute atomic E-state index is 0.167. The van der Waals surface area contributed by atoms with Crippen molar-refractivity contribution in [2.24, 2.45) is 0 Å². The van der Waals surface area contributed by atoms with Crippen LogP contribution in [0.15, 0.2) is 34.8 Å². The van der Waals surface area contributed by atoms with Gasteiger partial charge in [0.25, 0.3) is 0 Å². The molecule has 21 heavy (non-hydrogen) atoms. The van der Waals surface area contributed by atoms with Crippen LogP contribution in [0.2, 0.25) is 5.02 Å². The molecule has 0 N–H and O–H groups in total. The highest BCUT2D eigenvalue weighted by molar-refractivity contribution is 9.10.